The Hall–Kier alpha value is -1.26. The van der Waals surface area contributed by atoms with Crippen LogP contribution >= 0.6 is 0 Å². The Morgan fingerprint density at radius 2 is 1.94 bits per heavy atom. The molecule has 1 saturated carbocycles. The van der Waals surface area contributed by atoms with Gasteiger partial charge in [0.25, 0.3) is 0 Å². The topological polar surface area (TPSA) is 99.2 Å². The van der Waals surface area contributed by atoms with Gasteiger partial charge in [0.1, 0.15) is 0 Å². The summed E-state index contributed by atoms with van der Waals surface area (Å²) in [4.78, 5) is 10.6. The lowest BCUT2D eigenvalue weighted by Gasteiger charge is -2.31. The van der Waals surface area contributed by atoms with Gasteiger partial charge in [-0.05, 0) is 58.3 Å². The summed E-state index contributed by atoms with van der Waals surface area (Å²) in [7, 11) is 0. The highest BCUT2D eigenvalue weighted by Gasteiger charge is 2.26. The van der Waals surface area contributed by atoms with E-state index >= 15 is 0 Å². The lowest BCUT2D eigenvalue weighted by molar-refractivity contribution is 0.177. The molecule has 0 bridgehead atoms. The molecule has 5 nitrogen and oxygen atoms in total. The molecule has 1 rings (SSSR count). The number of hydrogen-bond acceptors (Lipinski definition) is 2. The van der Waals surface area contributed by atoms with Crippen LogP contribution in [0.4, 0.5) is 4.79 Å². The zero-order valence-corrected chi connectivity index (χ0v) is 11.3. The Bertz CT molecular complexity index is 307. The van der Waals surface area contributed by atoms with Crippen LogP contribution in [0.25, 0.3) is 0 Å². The fourth-order valence-corrected chi connectivity index (χ4v) is 2.68. The lowest BCUT2D eigenvalue weighted by Crippen LogP contribution is -2.43. The minimum atomic E-state index is -0.958. The molecule has 5 N–H and O–H groups in total. The van der Waals surface area contributed by atoms with Crippen molar-refractivity contribution in [3.8, 4) is 0 Å². The number of nitrogens with one attached hydrogen (secondary N) is 2. The van der Waals surface area contributed by atoms with Crippen molar-refractivity contribution in [2.75, 3.05) is 0 Å². The second kappa shape index (κ2) is 6.07. The van der Waals surface area contributed by atoms with Gasteiger partial charge in [0.2, 0.25) is 0 Å². The Morgan fingerprint density at radius 1 is 1.39 bits per heavy atom. The van der Waals surface area contributed by atoms with E-state index < -0.39 is 6.09 Å². The monoisotopic (exact) mass is 255 g/mol. The molecule has 1 aliphatic rings. The summed E-state index contributed by atoms with van der Waals surface area (Å²) in [6.45, 7) is 3.84. The molecule has 0 spiro atoms. The molecule has 0 aromatic rings. The minimum Gasteiger partial charge on any atom is -0.465 e. The van der Waals surface area contributed by atoms with Crippen LogP contribution in [-0.4, -0.2) is 22.6 Å². The van der Waals surface area contributed by atoms with Gasteiger partial charge < -0.3 is 16.2 Å². The lowest BCUT2D eigenvalue weighted by atomic mass is 9.78. The zero-order chi connectivity index (χ0) is 13.8. The van der Waals surface area contributed by atoms with Crippen molar-refractivity contribution in [1.29, 1.82) is 5.41 Å². The van der Waals surface area contributed by atoms with Crippen LogP contribution in [0.5, 0.6) is 0 Å². The van der Waals surface area contributed by atoms with Crippen LogP contribution in [0.15, 0.2) is 0 Å². The van der Waals surface area contributed by atoms with Crippen LogP contribution in [-0.2, 0) is 0 Å². The van der Waals surface area contributed by atoms with Gasteiger partial charge in [-0.3, -0.25) is 5.41 Å². The summed E-state index contributed by atoms with van der Waals surface area (Å²) in [6, 6.07) is 0. The molecule has 0 radical (unpaired) electrons. The van der Waals surface area contributed by atoms with Gasteiger partial charge in [0.15, 0.2) is 0 Å². The first kappa shape index (κ1) is 14.8. The smallest absolute Gasteiger partial charge is 0.405 e. The van der Waals surface area contributed by atoms with E-state index in [4.69, 9.17) is 16.2 Å². The maximum atomic E-state index is 10.6. The van der Waals surface area contributed by atoms with Crippen molar-refractivity contribution in [3.05, 3.63) is 0 Å². The molecule has 0 aromatic heterocycles. The quantitative estimate of drug-likeness (QED) is 0.448. The molecule has 0 unspecified atom stereocenters. The molecule has 0 saturated heterocycles. The summed E-state index contributed by atoms with van der Waals surface area (Å²) in [6.07, 6.45) is 5.16. The van der Waals surface area contributed by atoms with Gasteiger partial charge >= 0.3 is 6.09 Å². The molecule has 5 heteroatoms. The Morgan fingerprint density at radius 3 is 2.39 bits per heavy atom. The van der Waals surface area contributed by atoms with Gasteiger partial charge in [-0.2, -0.15) is 0 Å². The van der Waals surface area contributed by atoms with Crippen molar-refractivity contribution in [2.24, 2.45) is 17.6 Å². The van der Waals surface area contributed by atoms with E-state index in [-0.39, 0.29) is 11.5 Å². The summed E-state index contributed by atoms with van der Waals surface area (Å²) >= 11 is 0. The minimum absolute atomic E-state index is 0.270. The van der Waals surface area contributed by atoms with E-state index in [0.29, 0.717) is 11.8 Å². The van der Waals surface area contributed by atoms with E-state index in [1.807, 2.05) is 13.8 Å². The molecule has 1 fully saturated rings. The summed E-state index contributed by atoms with van der Waals surface area (Å²) < 4.78 is 0. The van der Waals surface area contributed by atoms with E-state index in [1.165, 1.54) is 0 Å². The van der Waals surface area contributed by atoms with Crippen molar-refractivity contribution in [3.63, 3.8) is 0 Å². The molecule has 1 aliphatic carbocycles. The maximum absolute atomic E-state index is 10.6. The predicted molar refractivity (Wildman–Crippen MR) is 71.8 cm³/mol. The van der Waals surface area contributed by atoms with Crippen LogP contribution in [0.1, 0.15) is 52.4 Å². The first-order chi connectivity index (χ1) is 8.30. The molecule has 0 aromatic carbocycles. The highest BCUT2D eigenvalue weighted by atomic mass is 16.4. The van der Waals surface area contributed by atoms with Crippen molar-refractivity contribution in [1.82, 2.24) is 5.32 Å². The van der Waals surface area contributed by atoms with Crippen molar-refractivity contribution < 1.29 is 9.90 Å². The third kappa shape index (κ3) is 4.94. The molecular weight excluding hydrogens is 230 g/mol. The van der Waals surface area contributed by atoms with Crippen LogP contribution in [0.2, 0.25) is 0 Å². The standard InChI is InChI=1S/C13H25N3O2/c1-13(2,16-12(17)18)8-7-9-3-5-10(6-4-9)11(14)15/h9-10,16H,3-8H2,1-2H3,(H3,14,15)(H,17,18). The molecule has 1 amide bonds. The molecule has 0 aliphatic heterocycles. The Kier molecular flexibility index (Phi) is 4.99. The number of rotatable bonds is 5. The number of nitrogens with two attached hydrogens (primary N) is 1. The Labute approximate surface area is 109 Å². The van der Waals surface area contributed by atoms with E-state index in [1.54, 1.807) is 0 Å². The molecule has 104 valence electrons. The van der Waals surface area contributed by atoms with E-state index in [2.05, 4.69) is 5.32 Å². The van der Waals surface area contributed by atoms with Gasteiger partial charge in [-0.15, -0.1) is 0 Å². The number of hydrogen-bond donors (Lipinski definition) is 4. The van der Waals surface area contributed by atoms with Crippen molar-refractivity contribution in [2.45, 2.75) is 57.9 Å². The first-order valence-electron chi connectivity index (χ1n) is 6.65. The number of amidine groups is 1. The third-order valence-electron chi connectivity index (χ3n) is 3.91. The summed E-state index contributed by atoms with van der Waals surface area (Å²) in [5.41, 5.74) is 5.16. The fraction of sp³-hybridized carbons (Fsp3) is 0.846. The van der Waals surface area contributed by atoms with Crippen LogP contribution in [0.3, 0.4) is 0 Å². The fourth-order valence-electron chi connectivity index (χ4n) is 2.68. The molecule has 0 heterocycles. The van der Waals surface area contributed by atoms with Crippen molar-refractivity contribution >= 4 is 11.9 Å². The highest BCUT2D eigenvalue weighted by Crippen LogP contribution is 2.32. The van der Waals surface area contributed by atoms with E-state index in [9.17, 15) is 4.79 Å². The van der Waals surface area contributed by atoms with Gasteiger partial charge in [-0.25, -0.2) is 4.79 Å². The van der Waals surface area contributed by atoms with Gasteiger partial charge in [-0.1, -0.05) is 0 Å². The second-order valence-electron chi connectivity index (χ2n) is 6.03. The number of amides is 1. The zero-order valence-electron chi connectivity index (χ0n) is 11.3. The van der Waals surface area contributed by atoms with Gasteiger partial charge in [0.05, 0.1) is 5.84 Å². The maximum Gasteiger partial charge on any atom is 0.405 e. The van der Waals surface area contributed by atoms with Gasteiger partial charge in [0, 0.05) is 11.5 Å². The average Bonchev–Trinajstić information content (AvgIpc) is 2.25. The summed E-state index contributed by atoms with van der Waals surface area (Å²) in [5, 5.41) is 18.7. The average molecular weight is 255 g/mol. The van der Waals surface area contributed by atoms with E-state index in [0.717, 1.165) is 38.5 Å². The summed E-state index contributed by atoms with van der Waals surface area (Å²) in [5.74, 6) is 1.24. The SMILES string of the molecule is CC(C)(CCC1CCC(C(=N)N)CC1)NC(=O)O. The van der Waals surface area contributed by atoms with Crippen LogP contribution < -0.4 is 11.1 Å². The predicted octanol–water partition coefficient (Wildman–Crippen LogP) is 2.56. The molecular formula is C13H25N3O2. The number of carbonyl (C=O) groups is 1. The Balaban J connectivity index is 2.29. The second-order valence-corrected chi connectivity index (χ2v) is 6.03. The van der Waals surface area contributed by atoms with Crippen LogP contribution in [0, 0.1) is 17.2 Å². The third-order valence-corrected chi connectivity index (χ3v) is 3.91. The normalized spacial score (nSPS) is 24.6. The largest absolute Gasteiger partial charge is 0.465 e. The molecule has 0 atom stereocenters. The molecule has 18 heavy (non-hydrogen) atoms. The highest BCUT2D eigenvalue weighted by molar-refractivity contribution is 5.79. The number of carboxylic acid groups (broad SMARTS) is 1. The first-order valence-corrected chi connectivity index (χ1v) is 6.65.